The van der Waals surface area contributed by atoms with Crippen LogP contribution in [0.4, 0.5) is 5.69 Å². The molecular weight excluding hydrogens is 216 g/mol. The van der Waals surface area contributed by atoms with E-state index in [9.17, 15) is 4.79 Å². The number of rotatable bonds is 2. The molecule has 0 aromatic heterocycles. The third-order valence-electron chi connectivity index (χ3n) is 2.12. The lowest BCUT2D eigenvalue weighted by Gasteiger charge is -2.15. The summed E-state index contributed by atoms with van der Waals surface area (Å²) in [5.74, 6) is -0.322. The first-order chi connectivity index (χ1) is 6.97. The van der Waals surface area contributed by atoms with Gasteiger partial charge in [-0.3, -0.25) is 9.63 Å². The van der Waals surface area contributed by atoms with Crippen LogP contribution in [0.2, 0.25) is 5.02 Å². The lowest BCUT2D eigenvalue weighted by atomic mass is 10.1. The molecule has 0 aliphatic rings. The van der Waals surface area contributed by atoms with Crippen molar-refractivity contribution in [2.75, 3.05) is 19.9 Å². The second-order valence-corrected chi connectivity index (χ2v) is 3.58. The molecule has 1 aromatic rings. The SMILES string of the molecule is CON(C)C(=O)c1cc(Cl)c(C)cc1N. The van der Waals surface area contributed by atoms with Crippen LogP contribution in [0.15, 0.2) is 12.1 Å². The Balaban J connectivity index is 3.15. The van der Waals surface area contributed by atoms with Crippen LogP contribution in [-0.4, -0.2) is 25.1 Å². The first-order valence-corrected chi connectivity index (χ1v) is 4.73. The maximum absolute atomic E-state index is 11.7. The first-order valence-electron chi connectivity index (χ1n) is 4.35. The summed E-state index contributed by atoms with van der Waals surface area (Å²) < 4.78 is 0. The van der Waals surface area contributed by atoms with Gasteiger partial charge in [-0.1, -0.05) is 11.6 Å². The summed E-state index contributed by atoms with van der Waals surface area (Å²) in [5, 5.41) is 1.61. The van der Waals surface area contributed by atoms with E-state index in [4.69, 9.17) is 22.2 Å². The van der Waals surface area contributed by atoms with E-state index < -0.39 is 0 Å². The molecule has 0 bridgehead atoms. The molecule has 0 fully saturated rings. The fourth-order valence-electron chi connectivity index (χ4n) is 1.14. The molecular formula is C10H13ClN2O2. The Hall–Kier alpha value is -1.26. The van der Waals surface area contributed by atoms with Crippen molar-refractivity contribution in [3.63, 3.8) is 0 Å². The van der Waals surface area contributed by atoms with E-state index in [1.165, 1.54) is 14.2 Å². The highest BCUT2D eigenvalue weighted by atomic mass is 35.5. The molecule has 15 heavy (non-hydrogen) atoms. The maximum atomic E-state index is 11.7. The standard InChI is InChI=1S/C10H13ClN2O2/c1-6-4-9(12)7(5-8(6)11)10(14)13(2)15-3/h4-5H,12H2,1-3H3. The van der Waals surface area contributed by atoms with Crippen molar-refractivity contribution in [2.24, 2.45) is 0 Å². The Labute approximate surface area is 93.5 Å². The van der Waals surface area contributed by atoms with Gasteiger partial charge in [-0.15, -0.1) is 0 Å². The van der Waals surface area contributed by atoms with Crippen LogP contribution in [0.1, 0.15) is 15.9 Å². The van der Waals surface area contributed by atoms with Crippen LogP contribution in [0.5, 0.6) is 0 Å². The molecule has 0 aliphatic heterocycles. The molecule has 0 atom stereocenters. The summed E-state index contributed by atoms with van der Waals surface area (Å²) in [6, 6.07) is 3.21. The largest absolute Gasteiger partial charge is 0.398 e. The van der Waals surface area contributed by atoms with E-state index in [-0.39, 0.29) is 5.91 Å². The van der Waals surface area contributed by atoms with Gasteiger partial charge in [-0.2, -0.15) is 0 Å². The topological polar surface area (TPSA) is 55.6 Å². The molecule has 0 saturated heterocycles. The van der Waals surface area contributed by atoms with Crippen molar-refractivity contribution in [1.29, 1.82) is 0 Å². The molecule has 2 N–H and O–H groups in total. The lowest BCUT2D eigenvalue weighted by Crippen LogP contribution is -2.26. The summed E-state index contributed by atoms with van der Waals surface area (Å²) in [5.41, 5.74) is 7.30. The minimum atomic E-state index is -0.322. The van der Waals surface area contributed by atoms with Gasteiger partial charge in [0, 0.05) is 17.8 Å². The number of carbonyl (C=O) groups is 1. The van der Waals surface area contributed by atoms with Crippen LogP contribution >= 0.6 is 11.6 Å². The molecule has 0 aliphatic carbocycles. The zero-order chi connectivity index (χ0) is 11.6. The van der Waals surface area contributed by atoms with Crippen molar-refractivity contribution >= 4 is 23.2 Å². The van der Waals surface area contributed by atoms with Crippen LogP contribution in [0.3, 0.4) is 0 Å². The third kappa shape index (κ3) is 2.40. The van der Waals surface area contributed by atoms with Crippen molar-refractivity contribution in [1.82, 2.24) is 5.06 Å². The number of aryl methyl sites for hydroxylation is 1. The molecule has 82 valence electrons. The van der Waals surface area contributed by atoms with Crippen LogP contribution in [-0.2, 0) is 4.84 Å². The summed E-state index contributed by atoms with van der Waals surface area (Å²) in [6.07, 6.45) is 0. The minimum Gasteiger partial charge on any atom is -0.398 e. The molecule has 0 spiro atoms. The van der Waals surface area contributed by atoms with Crippen LogP contribution in [0, 0.1) is 6.92 Å². The lowest BCUT2D eigenvalue weighted by molar-refractivity contribution is -0.0756. The molecule has 1 aromatic carbocycles. The molecule has 0 radical (unpaired) electrons. The van der Waals surface area contributed by atoms with Crippen molar-refractivity contribution in [3.05, 3.63) is 28.3 Å². The van der Waals surface area contributed by atoms with Gasteiger partial charge in [0.05, 0.1) is 12.7 Å². The fraction of sp³-hybridized carbons (Fsp3) is 0.300. The molecule has 0 saturated carbocycles. The summed E-state index contributed by atoms with van der Waals surface area (Å²) >= 11 is 5.91. The number of nitrogens with two attached hydrogens (primary N) is 1. The Kier molecular flexibility index (Phi) is 3.55. The number of hydrogen-bond acceptors (Lipinski definition) is 3. The van der Waals surface area contributed by atoms with Crippen LogP contribution in [0.25, 0.3) is 0 Å². The summed E-state index contributed by atoms with van der Waals surface area (Å²) in [4.78, 5) is 16.5. The molecule has 1 amide bonds. The quantitative estimate of drug-likeness (QED) is 0.621. The number of anilines is 1. The smallest absolute Gasteiger partial charge is 0.279 e. The van der Waals surface area contributed by atoms with E-state index in [2.05, 4.69) is 0 Å². The number of benzene rings is 1. The van der Waals surface area contributed by atoms with Crippen molar-refractivity contribution in [2.45, 2.75) is 6.92 Å². The van der Waals surface area contributed by atoms with E-state index in [0.29, 0.717) is 16.3 Å². The van der Waals surface area contributed by atoms with Gasteiger partial charge in [0.2, 0.25) is 0 Å². The predicted octanol–water partition coefficient (Wildman–Crippen LogP) is 1.86. The van der Waals surface area contributed by atoms with Crippen molar-refractivity contribution < 1.29 is 9.63 Å². The Morgan fingerprint density at radius 2 is 2.13 bits per heavy atom. The van der Waals surface area contributed by atoms with Gasteiger partial charge in [0.1, 0.15) is 0 Å². The number of nitrogen functional groups attached to an aromatic ring is 1. The van der Waals surface area contributed by atoms with E-state index in [1.807, 2.05) is 6.92 Å². The Morgan fingerprint density at radius 1 is 1.53 bits per heavy atom. The number of carbonyl (C=O) groups excluding carboxylic acids is 1. The maximum Gasteiger partial charge on any atom is 0.279 e. The number of amides is 1. The van der Waals surface area contributed by atoms with E-state index >= 15 is 0 Å². The number of hydrogen-bond donors (Lipinski definition) is 1. The van der Waals surface area contributed by atoms with E-state index in [0.717, 1.165) is 10.6 Å². The summed E-state index contributed by atoms with van der Waals surface area (Å²) in [7, 11) is 2.92. The average Bonchev–Trinajstić information content (AvgIpc) is 2.21. The molecule has 0 unspecified atom stereocenters. The zero-order valence-corrected chi connectivity index (χ0v) is 9.63. The first kappa shape index (κ1) is 11.8. The van der Waals surface area contributed by atoms with Gasteiger partial charge < -0.3 is 5.73 Å². The van der Waals surface area contributed by atoms with Gasteiger partial charge in [-0.25, -0.2) is 5.06 Å². The predicted molar refractivity (Wildman–Crippen MR) is 59.7 cm³/mol. The Bertz CT molecular complexity index is 393. The molecule has 1 rings (SSSR count). The second kappa shape index (κ2) is 4.51. The fourth-order valence-corrected chi connectivity index (χ4v) is 1.31. The van der Waals surface area contributed by atoms with E-state index in [1.54, 1.807) is 12.1 Å². The van der Waals surface area contributed by atoms with Gasteiger partial charge in [-0.05, 0) is 24.6 Å². The average molecular weight is 229 g/mol. The monoisotopic (exact) mass is 228 g/mol. The molecule has 4 nitrogen and oxygen atoms in total. The zero-order valence-electron chi connectivity index (χ0n) is 8.87. The third-order valence-corrected chi connectivity index (χ3v) is 2.53. The Morgan fingerprint density at radius 3 is 2.67 bits per heavy atom. The van der Waals surface area contributed by atoms with Gasteiger partial charge in [0.15, 0.2) is 0 Å². The second-order valence-electron chi connectivity index (χ2n) is 3.17. The highest BCUT2D eigenvalue weighted by molar-refractivity contribution is 6.31. The minimum absolute atomic E-state index is 0.322. The highest BCUT2D eigenvalue weighted by Gasteiger charge is 2.15. The number of nitrogens with zero attached hydrogens (tertiary/aromatic N) is 1. The van der Waals surface area contributed by atoms with Crippen molar-refractivity contribution in [3.8, 4) is 0 Å². The molecule has 0 heterocycles. The number of halogens is 1. The normalized spacial score (nSPS) is 10.1. The van der Waals surface area contributed by atoms with Gasteiger partial charge >= 0.3 is 0 Å². The number of hydroxylamine groups is 2. The summed E-state index contributed by atoms with van der Waals surface area (Å²) in [6.45, 7) is 1.83. The van der Waals surface area contributed by atoms with Gasteiger partial charge in [0.25, 0.3) is 5.91 Å². The highest BCUT2D eigenvalue weighted by Crippen LogP contribution is 2.23. The van der Waals surface area contributed by atoms with Crippen LogP contribution < -0.4 is 5.73 Å². The molecule has 5 heteroatoms.